The summed E-state index contributed by atoms with van der Waals surface area (Å²) >= 11 is 5.07. The van der Waals surface area contributed by atoms with Crippen LogP contribution in [0.1, 0.15) is 0 Å². The Labute approximate surface area is 110 Å². The smallest absolute Gasteiger partial charge is 0.225 e. The lowest BCUT2D eigenvalue weighted by Gasteiger charge is -2.07. The van der Waals surface area contributed by atoms with Crippen LogP contribution in [0.2, 0.25) is 5.28 Å². The predicted octanol–water partition coefficient (Wildman–Crippen LogP) is 1.66. The maximum atomic E-state index is 11.8. The molecule has 102 valence electrons. The fourth-order valence-corrected chi connectivity index (χ4v) is 2.45. The summed E-state index contributed by atoms with van der Waals surface area (Å²) < 4.78 is 60.5. The lowest BCUT2D eigenvalue weighted by molar-refractivity contribution is -0.0327. The Morgan fingerprint density at radius 3 is 2.39 bits per heavy atom. The fourth-order valence-electron chi connectivity index (χ4n) is 0.865. The van der Waals surface area contributed by atoms with Crippen molar-refractivity contribution in [1.82, 2.24) is 14.7 Å². The van der Waals surface area contributed by atoms with Crippen molar-refractivity contribution in [3.8, 4) is 0 Å². The predicted molar refractivity (Wildman–Crippen MR) is 60.7 cm³/mol. The summed E-state index contributed by atoms with van der Waals surface area (Å²) in [5.41, 5.74) is -4.38. The van der Waals surface area contributed by atoms with Gasteiger partial charge in [-0.3, -0.25) is 0 Å². The molecule has 0 aliphatic carbocycles. The minimum atomic E-state index is -4.38. The highest BCUT2D eigenvalue weighted by Crippen LogP contribution is 2.29. The van der Waals surface area contributed by atoms with E-state index in [1.165, 1.54) is 0 Å². The molecule has 1 aromatic heterocycles. The Bertz CT molecular complexity index is 492. The highest BCUT2D eigenvalue weighted by atomic mass is 35.5. The van der Waals surface area contributed by atoms with Crippen LogP contribution < -0.4 is 4.72 Å². The van der Waals surface area contributed by atoms with Gasteiger partial charge < -0.3 is 0 Å². The van der Waals surface area contributed by atoms with E-state index in [-0.39, 0.29) is 28.5 Å². The largest absolute Gasteiger partial charge is 0.441 e. The molecule has 0 aliphatic rings. The van der Waals surface area contributed by atoms with Crippen molar-refractivity contribution >= 4 is 33.4 Å². The van der Waals surface area contributed by atoms with Crippen LogP contribution in [0, 0.1) is 0 Å². The first kappa shape index (κ1) is 15.5. The van der Waals surface area contributed by atoms with Gasteiger partial charge in [0.05, 0.1) is 12.4 Å². The third kappa shape index (κ3) is 5.38. The van der Waals surface area contributed by atoms with Crippen molar-refractivity contribution in [2.75, 3.05) is 12.3 Å². The molecule has 1 heterocycles. The van der Waals surface area contributed by atoms with Crippen LogP contribution >= 0.6 is 23.4 Å². The van der Waals surface area contributed by atoms with Gasteiger partial charge in [-0.25, -0.2) is 23.1 Å². The van der Waals surface area contributed by atoms with E-state index in [2.05, 4.69) is 9.97 Å². The van der Waals surface area contributed by atoms with Crippen LogP contribution in [0.3, 0.4) is 0 Å². The second kappa shape index (κ2) is 6.04. The van der Waals surface area contributed by atoms with Gasteiger partial charge in [-0.05, 0) is 23.4 Å². The third-order valence-electron chi connectivity index (χ3n) is 1.57. The molecular formula is C7H7ClF3N3O2S2. The molecule has 0 fully saturated rings. The van der Waals surface area contributed by atoms with E-state index in [4.69, 9.17) is 11.6 Å². The van der Waals surface area contributed by atoms with Crippen molar-refractivity contribution < 1.29 is 21.6 Å². The van der Waals surface area contributed by atoms with Gasteiger partial charge in [0.2, 0.25) is 15.3 Å². The van der Waals surface area contributed by atoms with Crippen molar-refractivity contribution in [2.45, 2.75) is 10.4 Å². The zero-order chi connectivity index (χ0) is 13.8. The number of hydrogen-bond acceptors (Lipinski definition) is 5. The van der Waals surface area contributed by atoms with Crippen molar-refractivity contribution in [3.05, 3.63) is 17.7 Å². The number of thioether (sulfide) groups is 1. The lowest BCUT2D eigenvalue weighted by Crippen LogP contribution is -2.27. The van der Waals surface area contributed by atoms with Gasteiger partial charge in [-0.2, -0.15) is 13.2 Å². The van der Waals surface area contributed by atoms with Crippen LogP contribution in [0.4, 0.5) is 13.2 Å². The summed E-state index contributed by atoms with van der Waals surface area (Å²) in [5.74, 6) is -0.419. The maximum absolute atomic E-state index is 11.8. The average Bonchev–Trinajstić information content (AvgIpc) is 2.24. The first-order valence-corrected chi connectivity index (χ1v) is 7.23. The minimum Gasteiger partial charge on any atom is -0.225 e. The summed E-state index contributed by atoms with van der Waals surface area (Å²) in [4.78, 5) is 6.67. The van der Waals surface area contributed by atoms with E-state index < -0.39 is 21.3 Å². The number of rotatable bonds is 5. The van der Waals surface area contributed by atoms with Gasteiger partial charge in [-0.1, -0.05) is 0 Å². The van der Waals surface area contributed by atoms with Gasteiger partial charge in [-0.15, -0.1) is 0 Å². The molecule has 0 atom stereocenters. The Hall–Kier alpha value is -0.580. The minimum absolute atomic E-state index is 0.124. The van der Waals surface area contributed by atoms with Gasteiger partial charge in [0.15, 0.2) is 0 Å². The van der Waals surface area contributed by atoms with E-state index in [1.807, 2.05) is 4.72 Å². The molecular weight excluding hydrogens is 315 g/mol. The molecule has 0 saturated heterocycles. The molecule has 5 nitrogen and oxygen atoms in total. The topological polar surface area (TPSA) is 72.0 Å². The SMILES string of the molecule is O=S(=O)(NCCSC(F)(F)F)c1cnc(Cl)nc1. The number of nitrogens with zero attached hydrogens (tertiary/aromatic N) is 2. The monoisotopic (exact) mass is 321 g/mol. The van der Waals surface area contributed by atoms with Crippen LogP contribution in [0.5, 0.6) is 0 Å². The number of halogens is 4. The highest BCUT2D eigenvalue weighted by molar-refractivity contribution is 8.00. The third-order valence-corrected chi connectivity index (χ3v) is 3.91. The summed E-state index contributed by atoms with van der Waals surface area (Å²) in [6.07, 6.45) is 1.93. The van der Waals surface area contributed by atoms with Gasteiger partial charge in [0, 0.05) is 12.3 Å². The van der Waals surface area contributed by atoms with Gasteiger partial charge in [0.25, 0.3) is 0 Å². The van der Waals surface area contributed by atoms with Crippen LogP contribution in [-0.4, -0.2) is 36.2 Å². The van der Waals surface area contributed by atoms with E-state index >= 15 is 0 Å². The second-order valence-electron chi connectivity index (χ2n) is 2.88. The molecule has 18 heavy (non-hydrogen) atoms. The first-order valence-electron chi connectivity index (χ1n) is 4.38. The quantitative estimate of drug-likeness (QED) is 0.659. The Kier molecular flexibility index (Phi) is 5.20. The molecule has 0 unspecified atom stereocenters. The summed E-state index contributed by atoms with van der Waals surface area (Å²) in [7, 11) is -3.91. The summed E-state index contributed by atoms with van der Waals surface area (Å²) in [6.45, 7) is -0.352. The second-order valence-corrected chi connectivity index (χ2v) is 6.14. The number of hydrogen-bond donors (Lipinski definition) is 1. The normalized spacial score (nSPS) is 12.7. The van der Waals surface area contributed by atoms with Crippen molar-refractivity contribution in [1.29, 1.82) is 0 Å². The standard InChI is InChI=1S/C7H7ClF3N3O2S2/c8-6-12-3-5(4-13-6)18(15,16)14-1-2-17-7(9,10)11/h3-4,14H,1-2H2. The van der Waals surface area contributed by atoms with Crippen molar-refractivity contribution in [3.63, 3.8) is 0 Å². The Morgan fingerprint density at radius 1 is 1.33 bits per heavy atom. The fraction of sp³-hybridized carbons (Fsp3) is 0.429. The van der Waals surface area contributed by atoms with E-state index in [0.717, 1.165) is 12.4 Å². The molecule has 0 aliphatic heterocycles. The van der Waals surface area contributed by atoms with Crippen LogP contribution in [0.25, 0.3) is 0 Å². The van der Waals surface area contributed by atoms with E-state index in [0.29, 0.717) is 0 Å². The molecule has 11 heteroatoms. The molecule has 1 aromatic rings. The molecule has 0 spiro atoms. The van der Waals surface area contributed by atoms with Crippen LogP contribution in [-0.2, 0) is 10.0 Å². The zero-order valence-corrected chi connectivity index (χ0v) is 11.0. The molecule has 0 saturated carbocycles. The molecule has 1 rings (SSSR count). The molecule has 0 aromatic carbocycles. The molecule has 0 radical (unpaired) electrons. The highest BCUT2D eigenvalue weighted by Gasteiger charge is 2.27. The van der Waals surface area contributed by atoms with Crippen LogP contribution in [0.15, 0.2) is 17.3 Å². The summed E-state index contributed by atoms with van der Waals surface area (Å²) in [6, 6.07) is 0. The van der Waals surface area contributed by atoms with E-state index in [9.17, 15) is 21.6 Å². The summed E-state index contributed by atoms with van der Waals surface area (Å²) in [5, 5.41) is -0.124. The Morgan fingerprint density at radius 2 is 1.89 bits per heavy atom. The molecule has 1 N–H and O–H groups in total. The zero-order valence-electron chi connectivity index (χ0n) is 8.61. The van der Waals surface area contributed by atoms with Crippen molar-refractivity contribution in [2.24, 2.45) is 0 Å². The van der Waals surface area contributed by atoms with E-state index in [1.54, 1.807) is 0 Å². The molecule has 0 bridgehead atoms. The lowest BCUT2D eigenvalue weighted by atomic mass is 10.7. The maximum Gasteiger partial charge on any atom is 0.441 e. The first-order chi connectivity index (χ1) is 8.21. The number of sulfonamides is 1. The number of alkyl halides is 3. The van der Waals surface area contributed by atoms with Gasteiger partial charge >= 0.3 is 5.51 Å². The Balaban J connectivity index is 2.53. The number of nitrogens with one attached hydrogen (secondary N) is 1. The number of aromatic nitrogens is 2. The molecule has 0 amide bonds. The average molecular weight is 322 g/mol. The van der Waals surface area contributed by atoms with Gasteiger partial charge in [0.1, 0.15) is 4.90 Å².